The van der Waals surface area contributed by atoms with Gasteiger partial charge in [-0.15, -0.1) is 11.8 Å². The van der Waals surface area contributed by atoms with Gasteiger partial charge < -0.3 is 0 Å². The highest BCUT2D eigenvalue weighted by Crippen LogP contribution is 2.01. The van der Waals surface area contributed by atoms with Crippen molar-refractivity contribution in [2.75, 3.05) is 19.3 Å². The van der Waals surface area contributed by atoms with Gasteiger partial charge in [-0.25, -0.2) is 0 Å². The van der Waals surface area contributed by atoms with Crippen LogP contribution in [0.4, 0.5) is 0 Å². The molecule has 1 heterocycles. The minimum Gasteiger partial charge on any atom is -0.299 e. The van der Waals surface area contributed by atoms with Crippen molar-refractivity contribution in [1.82, 2.24) is 5.01 Å². The van der Waals surface area contributed by atoms with E-state index in [1.807, 2.05) is 17.6 Å². The van der Waals surface area contributed by atoms with E-state index >= 15 is 0 Å². The fourth-order valence-electron chi connectivity index (χ4n) is 0.409. The monoisotopic (exact) mass is 116 g/mol. The third-order valence-electron chi connectivity index (χ3n) is 0.852. The molecule has 0 aromatic heterocycles. The van der Waals surface area contributed by atoms with Gasteiger partial charge in [0.05, 0.1) is 5.55 Å². The third kappa shape index (κ3) is 1.39. The Bertz CT molecular complexity index is 81.8. The average Bonchev–Trinajstić information content (AvgIpc) is 1.69. The fourth-order valence-corrected chi connectivity index (χ4v) is 1.11. The van der Waals surface area contributed by atoms with E-state index in [-0.39, 0.29) is 0 Å². The van der Waals surface area contributed by atoms with E-state index in [4.69, 9.17) is 0 Å². The molecule has 1 rings (SSSR count). The lowest BCUT2D eigenvalue weighted by Gasteiger charge is -2.14. The molecule has 40 valence electrons. The van der Waals surface area contributed by atoms with Crippen molar-refractivity contribution in [3.8, 4) is 0 Å². The summed E-state index contributed by atoms with van der Waals surface area (Å²) < 4.78 is 0. The van der Waals surface area contributed by atoms with Gasteiger partial charge in [-0.05, 0) is 0 Å². The second-order valence-electron chi connectivity index (χ2n) is 1.47. The van der Waals surface area contributed by atoms with Crippen molar-refractivity contribution in [3.05, 3.63) is 0 Å². The molecule has 7 heavy (non-hydrogen) atoms. The van der Waals surface area contributed by atoms with Crippen LogP contribution in [-0.2, 0) is 0 Å². The zero-order chi connectivity index (χ0) is 5.11. The first kappa shape index (κ1) is 4.97. The van der Waals surface area contributed by atoms with Gasteiger partial charge in [0.1, 0.15) is 0 Å². The molecule has 0 bridgehead atoms. The van der Waals surface area contributed by atoms with Crippen molar-refractivity contribution < 1.29 is 0 Å². The molecule has 2 nitrogen and oxygen atoms in total. The van der Waals surface area contributed by atoms with Crippen LogP contribution in [0.15, 0.2) is 5.10 Å². The van der Waals surface area contributed by atoms with Crippen LogP contribution in [0.2, 0.25) is 0 Å². The molecule has 3 heteroatoms. The van der Waals surface area contributed by atoms with E-state index in [0.29, 0.717) is 0 Å². The molecule has 0 aromatic rings. The van der Waals surface area contributed by atoms with E-state index in [2.05, 4.69) is 5.10 Å². The highest BCUT2D eigenvalue weighted by Gasteiger charge is 1.95. The van der Waals surface area contributed by atoms with Gasteiger partial charge in [-0.2, -0.15) is 5.10 Å². The van der Waals surface area contributed by atoms with Crippen LogP contribution in [0.25, 0.3) is 0 Å². The maximum absolute atomic E-state index is 4.00. The number of hydrogen-bond donors (Lipinski definition) is 0. The van der Waals surface area contributed by atoms with E-state index in [0.717, 1.165) is 6.54 Å². The lowest BCUT2D eigenvalue weighted by Crippen LogP contribution is -2.17. The van der Waals surface area contributed by atoms with Crippen molar-refractivity contribution >= 4 is 17.3 Å². The summed E-state index contributed by atoms with van der Waals surface area (Å²) in [6.07, 6.45) is 0. The van der Waals surface area contributed by atoms with Gasteiger partial charge in [-0.1, -0.05) is 0 Å². The molecular weight excluding hydrogens is 108 g/mol. The summed E-state index contributed by atoms with van der Waals surface area (Å²) in [4.78, 5) is 0. The fraction of sp³-hybridized carbons (Fsp3) is 0.750. The topological polar surface area (TPSA) is 15.6 Å². The molecule has 0 unspecified atom stereocenters. The third-order valence-corrected chi connectivity index (χ3v) is 1.51. The Morgan fingerprint density at radius 3 is 3.00 bits per heavy atom. The Balaban J connectivity index is 2.36. The van der Waals surface area contributed by atoms with Gasteiger partial charge in [0, 0.05) is 19.3 Å². The summed E-state index contributed by atoms with van der Waals surface area (Å²) in [5.74, 6) is 1.18. The van der Waals surface area contributed by atoms with Gasteiger partial charge in [-0.3, -0.25) is 5.01 Å². The molecule has 0 spiro atoms. The van der Waals surface area contributed by atoms with Crippen LogP contribution in [0.3, 0.4) is 0 Å². The molecule has 0 radical (unpaired) electrons. The standard InChI is InChI=1S/C4H8N2S/c1-6-2-3-7-4-5-6/h4H,2-3H2,1H3. The molecule has 0 N–H and O–H groups in total. The normalized spacial score (nSPS) is 20.4. The molecule has 1 aliphatic rings. The van der Waals surface area contributed by atoms with Gasteiger partial charge in [0.15, 0.2) is 0 Å². The Kier molecular flexibility index (Phi) is 1.57. The number of hydrogen-bond acceptors (Lipinski definition) is 3. The van der Waals surface area contributed by atoms with E-state index in [9.17, 15) is 0 Å². The molecule has 0 atom stereocenters. The summed E-state index contributed by atoms with van der Waals surface area (Å²) >= 11 is 1.77. The Labute approximate surface area is 47.6 Å². The van der Waals surface area contributed by atoms with Crippen molar-refractivity contribution in [2.24, 2.45) is 5.10 Å². The number of hydrazone groups is 1. The Morgan fingerprint density at radius 1 is 1.86 bits per heavy atom. The van der Waals surface area contributed by atoms with Crippen LogP contribution in [0.5, 0.6) is 0 Å². The molecule has 0 amide bonds. The summed E-state index contributed by atoms with van der Waals surface area (Å²) in [6.45, 7) is 1.08. The molecule has 0 aromatic carbocycles. The predicted molar refractivity (Wildman–Crippen MR) is 33.6 cm³/mol. The smallest absolute Gasteiger partial charge is 0.0800 e. The molecular formula is C4H8N2S. The second-order valence-corrected chi connectivity index (χ2v) is 2.43. The quantitative estimate of drug-likeness (QED) is 0.461. The first-order chi connectivity index (χ1) is 3.39. The number of rotatable bonds is 0. The highest BCUT2D eigenvalue weighted by molar-refractivity contribution is 8.12. The SMILES string of the molecule is CN1CCSC=N1. The average molecular weight is 116 g/mol. The van der Waals surface area contributed by atoms with Gasteiger partial charge >= 0.3 is 0 Å². The van der Waals surface area contributed by atoms with Crippen molar-refractivity contribution in [1.29, 1.82) is 0 Å². The second kappa shape index (κ2) is 2.21. The summed E-state index contributed by atoms with van der Waals surface area (Å²) in [6, 6.07) is 0. The lowest BCUT2D eigenvalue weighted by atomic mass is 10.7. The summed E-state index contributed by atoms with van der Waals surface area (Å²) in [7, 11) is 1.98. The minimum atomic E-state index is 1.08. The zero-order valence-electron chi connectivity index (χ0n) is 4.29. The minimum absolute atomic E-state index is 1.08. The van der Waals surface area contributed by atoms with Gasteiger partial charge in [0.2, 0.25) is 0 Å². The summed E-state index contributed by atoms with van der Waals surface area (Å²) in [5, 5.41) is 5.94. The molecule has 1 aliphatic heterocycles. The number of thioether (sulfide) groups is 1. The van der Waals surface area contributed by atoms with E-state index in [1.54, 1.807) is 11.8 Å². The maximum atomic E-state index is 4.00. The zero-order valence-corrected chi connectivity index (χ0v) is 5.11. The number of nitrogens with zero attached hydrogens (tertiary/aromatic N) is 2. The maximum Gasteiger partial charge on any atom is 0.0800 e. The Hall–Kier alpha value is -0.180. The van der Waals surface area contributed by atoms with E-state index < -0.39 is 0 Å². The first-order valence-corrected chi connectivity index (χ1v) is 3.29. The molecule has 0 saturated carbocycles. The van der Waals surface area contributed by atoms with Crippen LogP contribution in [0.1, 0.15) is 0 Å². The summed E-state index contributed by atoms with van der Waals surface area (Å²) in [5.41, 5.74) is 1.88. The largest absolute Gasteiger partial charge is 0.299 e. The Morgan fingerprint density at radius 2 is 2.71 bits per heavy atom. The van der Waals surface area contributed by atoms with E-state index in [1.165, 1.54) is 5.75 Å². The molecule has 0 aliphatic carbocycles. The lowest BCUT2D eigenvalue weighted by molar-refractivity contribution is 0.379. The van der Waals surface area contributed by atoms with Crippen LogP contribution < -0.4 is 0 Å². The van der Waals surface area contributed by atoms with Crippen LogP contribution in [-0.4, -0.2) is 29.9 Å². The van der Waals surface area contributed by atoms with Crippen molar-refractivity contribution in [2.45, 2.75) is 0 Å². The van der Waals surface area contributed by atoms with Crippen molar-refractivity contribution in [3.63, 3.8) is 0 Å². The highest BCUT2D eigenvalue weighted by atomic mass is 32.2. The molecule has 0 fully saturated rings. The van der Waals surface area contributed by atoms with Crippen LogP contribution in [0, 0.1) is 0 Å². The molecule has 0 saturated heterocycles. The van der Waals surface area contributed by atoms with Crippen LogP contribution >= 0.6 is 11.8 Å². The van der Waals surface area contributed by atoms with Gasteiger partial charge in [0.25, 0.3) is 0 Å². The first-order valence-electron chi connectivity index (χ1n) is 2.25. The predicted octanol–water partition coefficient (Wildman–Crippen LogP) is 0.608.